The number of hydrogen-bond acceptors (Lipinski definition) is 7. The van der Waals surface area contributed by atoms with Crippen LogP contribution in [0.3, 0.4) is 0 Å². The Balaban J connectivity index is 1.72. The molecule has 1 aromatic carbocycles. The molecule has 3 aromatic rings. The average Bonchev–Trinajstić information content (AvgIpc) is 2.86. The highest BCUT2D eigenvalue weighted by atomic mass is 35.5. The number of alkyl halides is 1. The normalized spacial score (nSPS) is 14.4. The highest BCUT2D eigenvalue weighted by Crippen LogP contribution is 2.32. The van der Waals surface area contributed by atoms with Crippen molar-refractivity contribution in [1.29, 1.82) is 0 Å². The first-order valence-corrected chi connectivity index (χ1v) is 12.0. The zero-order valence-corrected chi connectivity index (χ0v) is 20.9. The van der Waals surface area contributed by atoms with Gasteiger partial charge in [-0.2, -0.15) is 4.98 Å². The molecule has 0 bridgehead atoms. The predicted molar refractivity (Wildman–Crippen MR) is 135 cm³/mol. The molecule has 1 aliphatic heterocycles. The SMILES string of the molecule is CNC(=O)COc1cc2c(F)c(Nc3nc(N4CCC(F)CC4)ncc3Cl)ccc2n(C(C)C)c1=O. The molecule has 0 spiro atoms. The third-order valence-electron chi connectivity index (χ3n) is 5.97. The molecule has 0 unspecified atom stereocenters. The van der Waals surface area contributed by atoms with Crippen LogP contribution in [0, 0.1) is 5.82 Å². The lowest BCUT2D eigenvalue weighted by Gasteiger charge is -2.28. The van der Waals surface area contributed by atoms with Crippen molar-refractivity contribution in [2.75, 3.05) is 37.0 Å². The van der Waals surface area contributed by atoms with E-state index in [4.69, 9.17) is 16.3 Å². The van der Waals surface area contributed by atoms with Gasteiger partial charge in [0, 0.05) is 31.6 Å². The van der Waals surface area contributed by atoms with Crippen LogP contribution in [0.2, 0.25) is 5.02 Å². The van der Waals surface area contributed by atoms with Crippen LogP contribution in [0.15, 0.2) is 29.2 Å². The van der Waals surface area contributed by atoms with Gasteiger partial charge in [0.05, 0.1) is 17.4 Å². The lowest BCUT2D eigenvalue weighted by Crippen LogP contribution is -2.35. The van der Waals surface area contributed by atoms with E-state index in [1.165, 1.54) is 29.9 Å². The van der Waals surface area contributed by atoms with E-state index in [0.717, 1.165) is 0 Å². The Morgan fingerprint density at radius 3 is 2.69 bits per heavy atom. The molecule has 9 nitrogen and oxygen atoms in total. The van der Waals surface area contributed by atoms with Gasteiger partial charge < -0.3 is 24.8 Å². The largest absolute Gasteiger partial charge is 0.478 e. The number of nitrogens with zero attached hydrogens (tertiary/aromatic N) is 4. The smallest absolute Gasteiger partial charge is 0.293 e. The first-order chi connectivity index (χ1) is 17.2. The van der Waals surface area contributed by atoms with Crippen molar-refractivity contribution < 1.29 is 18.3 Å². The van der Waals surface area contributed by atoms with Gasteiger partial charge in [0.2, 0.25) is 5.95 Å². The number of halogens is 3. The molecule has 0 aliphatic carbocycles. The molecular formula is C24H27ClF2N6O3. The molecule has 2 N–H and O–H groups in total. The summed E-state index contributed by atoms with van der Waals surface area (Å²) < 4.78 is 36.1. The van der Waals surface area contributed by atoms with Crippen LogP contribution >= 0.6 is 11.6 Å². The van der Waals surface area contributed by atoms with Gasteiger partial charge in [0.15, 0.2) is 24.0 Å². The van der Waals surface area contributed by atoms with Gasteiger partial charge in [-0.1, -0.05) is 11.6 Å². The van der Waals surface area contributed by atoms with Crippen molar-refractivity contribution >= 4 is 45.9 Å². The molecular weight excluding hydrogens is 494 g/mol. The Kier molecular flexibility index (Phi) is 7.58. The molecule has 1 amide bonds. The van der Waals surface area contributed by atoms with E-state index in [9.17, 15) is 14.0 Å². The topological polar surface area (TPSA) is 101 Å². The van der Waals surface area contributed by atoms with Gasteiger partial charge in [-0.25, -0.2) is 13.8 Å². The van der Waals surface area contributed by atoms with Crippen LogP contribution in [-0.2, 0) is 4.79 Å². The van der Waals surface area contributed by atoms with Crippen molar-refractivity contribution in [2.24, 2.45) is 0 Å². The number of carbonyl (C=O) groups is 1. The fraction of sp³-hybridized carbons (Fsp3) is 0.417. The maximum absolute atomic E-state index is 15.8. The fourth-order valence-corrected chi connectivity index (χ4v) is 4.19. The summed E-state index contributed by atoms with van der Waals surface area (Å²) in [6, 6.07) is 4.10. The van der Waals surface area contributed by atoms with E-state index >= 15 is 4.39 Å². The van der Waals surface area contributed by atoms with Crippen molar-refractivity contribution in [3.05, 3.63) is 45.6 Å². The molecule has 2 aromatic heterocycles. The number of aromatic nitrogens is 3. The highest BCUT2D eigenvalue weighted by molar-refractivity contribution is 6.32. The molecule has 12 heteroatoms. The molecule has 192 valence electrons. The Morgan fingerprint density at radius 2 is 2.03 bits per heavy atom. The number of ether oxygens (including phenoxy) is 1. The third-order valence-corrected chi connectivity index (χ3v) is 6.24. The monoisotopic (exact) mass is 520 g/mol. The van der Waals surface area contributed by atoms with Gasteiger partial charge in [-0.15, -0.1) is 0 Å². The second-order valence-corrected chi connectivity index (χ2v) is 9.16. The molecule has 1 aliphatic rings. The number of benzene rings is 1. The van der Waals surface area contributed by atoms with Crippen molar-refractivity contribution in [2.45, 2.75) is 38.9 Å². The number of amides is 1. The van der Waals surface area contributed by atoms with Crippen molar-refractivity contribution in [1.82, 2.24) is 19.9 Å². The summed E-state index contributed by atoms with van der Waals surface area (Å²) >= 11 is 6.28. The van der Waals surface area contributed by atoms with Crippen LogP contribution in [0.1, 0.15) is 32.7 Å². The first-order valence-electron chi connectivity index (χ1n) is 11.6. The number of hydrogen-bond donors (Lipinski definition) is 2. The first kappa shape index (κ1) is 25.6. The minimum Gasteiger partial charge on any atom is -0.478 e. The summed E-state index contributed by atoms with van der Waals surface area (Å²) in [4.78, 5) is 35.1. The van der Waals surface area contributed by atoms with Crippen molar-refractivity contribution in [3.8, 4) is 5.75 Å². The molecule has 0 saturated carbocycles. The van der Waals surface area contributed by atoms with Crippen LogP contribution in [-0.4, -0.2) is 53.4 Å². The Morgan fingerprint density at radius 1 is 1.31 bits per heavy atom. The lowest BCUT2D eigenvalue weighted by atomic mass is 10.1. The summed E-state index contributed by atoms with van der Waals surface area (Å²) in [7, 11) is 1.45. The molecule has 3 heterocycles. The van der Waals surface area contributed by atoms with Crippen LogP contribution in [0.5, 0.6) is 5.75 Å². The average molecular weight is 521 g/mol. The zero-order chi connectivity index (χ0) is 26.0. The van der Waals surface area contributed by atoms with Crippen LogP contribution in [0.4, 0.5) is 26.2 Å². The van der Waals surface area contributed by atoms with E-state index in [2.05, 4.69) is 20.6 Å². The van der Waals surface area contributed by atoms with Crippen LogP contribution in [0.25, 0.3) is 10.9 Å². The Labute approximate surface area is 211 Å². The maximum Gasteiger partial charge on any atom is 0.293 e. The predicted octanol–water partition coefficient (Wildman–Crippen LogP) is 3.97. The number of rotatable bonds is 7. The van der Waals surface area contributed by atoms with Gasteiger partial charge in [-0.05, 0) is 44.9 Å². The molecule has 0 atom stereocenters. The van der Waals surface area contributed by atoms with Gasteiger partial charge in [-0.3, -0.25) is 9.59 Å². The van der Waals surface area contributed by atoms with Gasteiger partial charge in [0.1, 0.15) is 11.2 Å². The minimum atomic E-state index is -0.841. The van der Waals surface area contributed by atoms with Crippen LogP contribution < -0.4 is 25.8 Å². The third kappa shape index (κ3) is 5.20. The molecule has 0 radical (unpaired) electrons. The van der Waals surface area contributed by atoms with E-state index in [1.807, 2.05) is 4.90 Å². The van der Waals surface area contributed by atoms with E-state index in [0.29, 0.717) is 37.4 Å². The number of likely N-dealkylation sites (N-methyl/N-ethyl adjacent to an activating group) is 1. The zero-order valence-electron chi connectivity index (χ0n) is 20.1. The van der Waals surface area contributed by atoms with E-state index < -0.39 is 23.5 Å². The maximum atomic E-state index is 15.8. The number of fused-ring (bicyclic) bond motifs is 1. The molecule has 1 saturated heterocycles. The lowest BCUT2D eigenvalue weighted by molar-refractivity contribution is -0.122. The summed E-state index contributed by atoms with van der Waals surface area (Å²) in [6.45, 7) is 4.15. The Bertz CT molecular complexity index is 1340. The second-order valence-electron chi connectivity index (χ2n) is 8.75. The van der Waals surface area contributed by atoms with E-state index in [-0.39, 0.29) is 40.3 Å². The fourth-order valence-electron chi connectivity index (χ4n) is 4.05. The summed E-state index contributed by atoms with van der Waals surface area (Å²) in [5.74, 6) is -0.661. The van der Waals surface area contributed by atoms with E-state index in [1.54, 1.807) is 19.9 Å². The van der Waals surface area contributed by atoms with Gasteiger partial charge >= 0.3 is 0 Å². The number of anilines is 3. The number of nitrogens with one attached hydrogen (secondary N) is 2. The number of carbonyl (C=O) groups excluding carboxylic acids is 1. The highest BCUT2D eigenvalue weighted by Gasteiger charge is 2.22. The minimum absolute atomic E-state index is 0.0720. The molecule has 1 fully saturated rings. The standard InChI is InChI=1S/C24H27ClF2N6O3/c1-13(2)33-18-5-4-17(21(27)15(18)10-19(23(33)35)36-12-20(34)28-3)30-22-16(25)11-29-24(31-22)32-8-6-14(26)7-9-32/h4-5,10-11,13-14H,6-9,12H2,1-3H3,(H,28,34)(H,29,30,31). The number of piperidine rings is 1. The quantitative estimate of drug-likeness (QED) is 0.486. The summed E-state index contributed by atoms with van der Waals surface area (Å²) in [6.07, 6.45) is 1.34. The molecule has 4 rings (SSSR count). The van der Waals surface area contributed by atoms with Gasteiger partial charge in [0.25, 0.3) is 11.5 Å². The second kappa shape index (κ2) is 10.7. The summed E-state index contributed by atoms with van der Waals surface area (Å²) in [5, 5.41) is 5.62. The summed E-state index contributed by atoms with van der Waals surface area (Å²) in [5.41, 5.74) is -0.0290. The molecule has 36 heavy (non-hydrogen) atoms. The van der Waals surface area contributed by atoms with Crippen molar-refractivity contribution in [3.63, 3.8) is 0 Å². The Hall–Kier alpha value is -3.47. The number of pyridine rings is 1.